The topological polar surface area (TPSA) is 49.3 Å². The zero-order valence-corrected chi connectivity index (χ0v) is 12.5. The molecule has 0 amide bonds. The van der Waals surface area contributed by atoms with Crippen LogP contribution in [0.2, 0.25) is 5.02 Å². The van der Waals surface area contributed by atoms with Gasteiger partial charge in [-0.2, -0.15) is 0 Å². The number of aliphatic carboxylic acids is 1. The van der Waals surface area contributed by atoms with Crippen molar-refractivity contribution < 1.29 is 14.3 Å². The van der Waals surface area contributed by atoms with E-state index in [0.717, 1.165) is 10.5 Å². The average molecular weight is 359 g/mol. The molecule has 2 aromatic rings. The maximum Gasteiger partial charge on any atom is 0.330 e. The molecule has 1 atom stereocenters. The molecule has 0 heterocycles. The van der Waals surface area contributed by atoms with Crippen LogP contribution in [0, 0.1) is 5.82 Å². The molecule has 2 aromatic carbocycles. The SMILES string of the molecule is O=C(O)C(Nc1ccccc1Br)c1ccc(F)cc1Cl. The van der Waals surface area contributed by atoms with Crippen LogP contribution in [0.15, 0.2) is 46.9 Å². The lowest BCUT2D eigenvalue weighted by Gasteiger charge is -2.18. The number of halogens is 3. The molecule has 3 nitrogen and oxygen atoms in total. The molecule has 0 saturated carbocycles. The first-order chi connectivity index (χ1) is 9.49. The number of hydrogen-bond acceptors (Lipinski definition) is 2. The number of rotatable bonds is 4. The van der Waals surface area contributed by atoms with Crippen molar-refractivity contribution in [2.45, 2.75) is 6.04 Å². The number of hydrogen-bond donors (Lipinski definition) is 2. The summed E-state index contributed by atoms with van der Waals surface area (Å²) in [6.07, 6.45) is 0. The Morgan fingerprint density at radius 1 is 1.30 bits per heavy atom. The lowest BCUT2D eigenvalue weighted by Crippen LogP contribution is -2.21. The predicted octanol–water partition coefficient (Wildman–Crippen LogP) is 4.48. The van der Waals surface area contributed by atoms with E-state index in [1.807, 2.05) is 6.07 Å². The van der Waals surface area contributed by atoms with E-state index in [9.17, 15) is 14.3 Å². The highest BCUT2D eigenvalue weighted by Gasteiger charge is 2.23. The summed E-state index contributed by atoms with van der Waals surface area (Å²) in [5, 5.41) is 12.3. The molecular weight excluding hydrogens is 349 g/mol. The second-order valence-electron chi connectivity index (χ2n) is 4.06. The number of anilines is 1. The molecule has 0 aliphatic rings. The minimum Gasteiger partial charge on any atom is -0.479 e. The second-order valence-corrected chi connectivity index (χ2v) is 5.32. The lowest BCUT2D eigenvalue weighted by molar-refractivity contribution is -0.138. The summed E-state index contributed by atoms with van der Waals surface area (Å²) in [7, 11) is 0. The van der Waals surface area contributed by atoms with Crippen molar-refractivity contribution in [2.75, 3.05) is 5.32 Å². The highest BCUT2D eigenvalue weighted by Crippen LogP contribution is 2.30. The fourth-order valence-corrected chi connectivity index (χ4v) is 2.42. The zero-order chi connectivity index (χ0) is 14.7. The molecule has 104 valence electrons. The predicted molar refractivity (Wildman–Crippen MR) is 79.6 cm³/mol. The van der Waals surface area contributed by atoms with Crippen LogP contribution < -0.4 is 5.32 Å². The molecule has 6 heteroatoms. The van der Waals surface area contributed by atoms with Gasteiger partial charge in [-0.1, -0.05) is 29.8 Å². The summed E-state index contributed by atoms with van der Waals surface area (Å²) in [4.78, 5) is 11.4. The van der Waals surface area contributed by atoms with Crippen LogP contribution in [-0.4, -0.2) is 11.1 Å². The molecule has 0 saturated heterocycles. The van der Waals surface area contributed by atoms with Gasteiger partial charge in [-0.05, 0) is 40.2 Å². The Hall–Kier alpha value is -1.59. The quantitative estimate of drug-likeness (QED) is 0.847. The minimum absolute atomic E-state index is 0.0666. The Morgan fingerprint density at radius 2 is 2.00 bits per heavy atom. The van der Waals surface area contributed by atoms with Crippen molar-refractivity contribution in [1.29, 1.82) is 0 Å². The summed E-state index contributed by atoms with van der Waals surface area (Å²) in [5.74, 6) is -1.61. The van der Waals surface area contributed by atoms with Gasteiger partial charge in [0.1, 0.15) is 5.82 Å². The van der Waals surface area contributed by atoms with Crippen LogP contribution >= 0.6 is 27.5 Å². The molecule has 0 fully saturated rings. The van der Waals surface area contributed by atoms with E-state index in [4.69, 9.17) is 11.6 Å². The Kier molecular flexibility index (Phi) is 4.62. The number of nitrogens with one attached hydrogen (secondary N) is 1. The van der Waals surface area contributed by atoms with E-state index in [-0.39, 0.29) is 5.02 Å². The van der Waals surface area contributed by atoms with Crippen LogP contribution in [0.25, 0.3) is 0 Å². The zero-order valence-electron chi connectivity index (χ0n) is 10.1. The van der Waals surface area contributed by atoms with Crippen molar-refractivity contribution in [3.63, 3.8) is 0 Å². The van der Waals surface area contributed by atoms with Gasteiger partial charge in [0.2, 0.25) is 0 Å². The van der Waals surface area contributed by atoms with E-state index in [2.05, 4.69) is 21.2 Å². The molecule has 0 aromatic heterocycles. The number of para-hydroxylation sites is 1. The highest BCUT2D eigenvalue weighted by atomic mass is 79.9. The Bertz CT molecular complexity index is 651. The third kappa shape index (κ3) is 3.29. The Morgan fingerprint density at radius 3 is 2.60 bits per heavy atom. The summed E-state index contributed by atoms with van der Waals surface area (Å²) >= 11 is 9.25. The first-order valence-corrected chi connectivity index (χ1v) is 6.85. The van der Waals surface area contributed by atoms with Crippen LogP contribution in [0.1, 0.15) is 11.6 Å². The van der Waals surface area contributed by atoms with Crippen LogP contribution in [0.5, 0.6) is 0 Å². The molecule has 20 heavy (non-hydrogen) atoms. The summed E-state index contributed by atoms with van der Waals surface area (Å²) in [6, 6.07) is 9.68. The summed E-state index contributed by atoms with van der Waals surface area (Å²) in [6.45, 7) is 0. The molecule has 0 bridgehead atoms. The van der Waals surface area contributed by atoms with Crippen molar-refractivity contribution in [2.24, 2.45) is 0 Å². The Labute approximate surface area is 128 Å². The van der Waals surface area contributed by atoms with Crippen molar-refractivity contribution in [1.82, 2.24) is 0 Å². The largest absolute Gasteiger partial charge is 0.479 e. The van der Waals surface area contributed by atoms with Gasteiger partial charge in [-0.15, -0.1) is 0 Å². The van der Waals surface area contributed by atoms with E-state index in [0.29, 0.717) is 11.3 Å². The molecule has 2 N–H and O–H groups in total. The number of benzene rings is 2. The van der Waals surface area contributed by atoms with Gasteiger partial charge in [0, 0.05) is 20.7 Å². The minimum atomic E-state index is -1.10. The number of carboxylic acids is 1. The lowest BCUT2D eigenvalue weighted by atomic mass is 10.1. The van der Waals surface area contributed by atoms with Crippen LogP contribution in [0.4, 0.5) is 10.1 Å². The molecule has 0 aliphatic heterocycles. The third-order valence-corrected chi connectivity index (χ3v) is 3.71. The molecular formula is C14H10BrClFNO2. The second kappa shape index (κ2) is 6.24. The van der Waals surface area contributed by atoms with Crippen LogP contribution in [0.3, 0.4) is 0 Å². The van der Waals surface area contributed by atoms with Gasteiger partial charge in [-0.3, -0.25) is 0 Å². The molecule has 0 aliphatic carbocycles. The normalized spacial score (nSPS) is 11.9. The van der Waals surface area contributed by atoms with Gasteiger partial charge in [0.05, 0.1) is 0 Å². The highest BCUT2D eigenvalue weighted by molar-refractivity contribution is 9.10. The summed E-state index contributed by atoms with van der Waals surface area (Å²) < 4.78 is 13.8. The van der Waals surface area contributed by atoms with E-state index in [1.165, 1.54) is 12.1 Å². The number of carboxylic acid groups (broad SMARTS) is 1. The monoisotopic (exact) mass is 357 g/mol. The van der Waals surface area contributed by atoms with Gasteiger partial charge in [0.15, 0.2) is 6.04 Å². The van der Waals surface area contributed by atoms with Crippen LogP contribution in [-0.2, 0) is 4.79 Å². The van der Waals surface area contributed by atoms with Gasteiger partial charge in [-0.25, -0.2) is 9.18 Å². The van der Waals surface area contributed by atoms with Gasteiger partial charge >= 0.3 is 5.97 Å². The van der Waals surface area contributed by atoms with E-state index < -0.39 is 17.8 Å². The van der Waals surface area contributed by atoms with E-state index >= 15 is 0 Å². The first-order valence-electron chi connectivity index (χ1n) is 5.68. The van der Waals surface area contributed by atoms with Gasteiger partial charge < -0.3 is 10.4 Å². The molecule has 2 rings (SSSR count). The third-order valence-electron chi connectivity index (χ3n) is 2.69. The standard InChI is InChI=1S/C14H10BrClFNO2/c15-10-3-1-2-4-12(10)18-13(14(19)20)9-6-5-8(17)7-11(9)16/h1-7,13,18H,(H,19,20). The maximum absolute atomic E-state index is 13.0. The van der Waals surface area contributed by atoms with E-state index in [1.54, 1.807) is 18.2 Å². The fraction of sp³-hybridized carbons (Fsp3) is 0.0714. The smallest absolute Gasteiger partial charge is 0.330 e. The summed E-state index contributed by atoms with van der Waals surface area (Å²) in [5.41, 5.74) is 0.914. The Balaban J connectivity index is 2.37. The maximum atomic E-state index is 13.0. The van der Waals surface area contributed by atoms with Crippen molar-refractivity contribution in [3.05, 3.63) is 63.3 Å². The molecule has 1 unspecified atom stereocenters. The fourth-order valence-electron chi connectivity index (χ4n) is 1.74. The number of carbonyl (C=O) groups is 1. The van der Waals surface area contributed by atoms with Crippen molar-refractivity contribution >= 4 is 39.2 Å². The molecule has 0 radical (unpaired) electrons. The first kappa shape index (κ1) is 14.8. The van der Waals surface area contributed by atoms with Crippen molar-refractivity contribution in [3.8, 4) is 0 Å². The van der Waals surface area contributed by atoms with Gasteiger partial charge in [0.25, 0.3) is 0 Å². The average Bonchev–Trinajstić information content (AvgIpc) is 2.38. The molecule has 0 spiro atoms.